The lowest BCUT2D eigenvalue weighted by Crippen LogP contribution is -2.52. The van der Waals surface area contributed by atoms with Gasteiger partial charge in [-0.2, -0.15) is 5.26 Å². The van der Waals surface area contributed by atoms with E-state index >= 15 is 0 Å². The van der Waals surface area contributed by atoms with Crippen molar-refractivity contribution in [2.24, 2.45) is 0 Å². The maximum Gasteiger partial charge on any atom is 0.303 e. The number of esters is 1. The maximum absolute atomic E-state index is 12.5. The summed E-state index contributed by atoms with van der Waals surface area (Å²) in [6.45, 7) is 6.48. The van der Waals surface area contributed by atoms with Gasteiger partial charge in [0.2, 0.25) is 0 Å². The van der Waals surface area contributed by atoms with E-state index in [1.807, 2.05) is 36.4 Å². The zero-order chi connectivity index (χ0) is 24.5. The van der Waals surface area contributed by atoms with Gasteiger partial charge >= 0.3 is 5.97 Å². The first-order valence-electron chi connectivity index (χ1n) is 11.3. The highest BCUT2D eigenvalue weighted by Gasteiger charge is 2.28. The van der Waals surface area contributed by atoms with Gasteiger partial charge in [-0.3, -0.25) is 14.5 Å². The summed E-state index contributed by atoms with van der Waals surface area (Å²) < 4.78 is 16.8. The predicted octanol–water partition coefficient (Wildman–Crippen LogP) is 2.92. The zero-order valence-electron chi connectivity index (χ0n) is 19.9. The van der Waals surface area contributed by atoms with E-state index in [1.54, 1.807) is 31.1 Å². The van der Waals surface area contributed by atoms with Gasteiger partial charge in [-0.25, -0.2) is 0 Å². The summed E-state index contributed by atoms with van der Waals surface area (Å²) in [5.74, 6) is 0.135. The van der Waals surface area contributed by atoms with Crippen molar-refractivity contribution in [2.45, 2.75) is 32.7 Å². The van der Waals surface area contributed by atoms with Crippen LogP contribution in [0.3, 0.4) is 0 Å². The molecular formula is C26H31N3O5. The van der Waals surface area contributed by atoms with E-state index in [1.165, 1.54) is 6.92 Å². The van der Waals surface area contributed by atoms with E-state index in [4.69, 9.17) is 19.5 Å². The zero-order valence-corrected chi connectivity index (χ0v) is 19.9. The topological polar surface area (TPSA) is 92.1 Å². The van der Waals surface area contributed by atoms with Crippen LogP contribution in [0.5, 0.6) is 5.75 Å². The fraction of sp³-hybridized carbons (Fsp3) is 0.423. The molecular weight excluding hydrogens is 434 g/mol. The first-order valence-corrected chi connectivity index (χ1v) is 11.3. The first kappa shape index (κ1) is 25.2. The normalized spacial score (nSPS) is 15.8. The number of amides is 1. The van der Waals surface area contributed by atoms with E-state index < -0.39 is 12.1 Å². The molecule has 0 N–H and O–H groups in total. The molecule has 1 aliphatic rings. The highest BCUT2D eigenvalue weighted by molar-refractivity contribution is 5.83. The highest BCUT2D eigenvalue weighted by Crippen LogP contribution is 2.25. The fourth-order valence-corrected chi connectivity index (χ4v) is 3.91. The maximum atomic E-state index is 12.5. The van der Waals surface area contributed by atoms with Crippen molar-refractivity contribution in [1.29, 1.82) is 5.26 Å². The van der Waals surface area contributed by atoms with Crippen LogP contribution in [0.4, 0.5) is 0 Å². The largest absolute Gasteiger partial charge is 0.497 e. The molecule has 1 heterocycles. The second-order valence-corrected chi connectivity index (χ2v) is 8.26. The highest BCUT2D eigenvalue weighted by atomic mass is 16.5. The molecule has 0 saturated carbocycles. The van der Waals surface area contributed by atoms with Crippen LogP contribution in [0, 0.1) is 11.3 Å². The number of nitriles is 1. The van der Waals surface area contributed by atoms with Gasteiger partial charge in [-0.1, -0.05) is 24.3 Å². The average molecular weight is 466 g/mol. The van der Waals surface area contributed by atoms with Crippen LogP contribution in [0.2, 0.25) is 0 Å². The molecule has 8 heteroatoms. The molecule has 3 rings (SSSR count). The van der Waals surface area contributed by atoms with Crippen LogP contribution < -0.4 is 4.74 Å². The van der Waals surface area contributed by atoms with Crippen LogP contribution >= 0.6 is 0 Å². The van der Waals surface area contributed by atoms with Crippen molar-refractivity contribution < 1.29 is 23.8 Å². The molecule has 0 radical (unpaired) electrons. The Balaban J connectivity index is 1.64. The van der Waals surface area contributed by atoms with Crippen LogP contribution in [0.1, 0.15) is 36.6 Å². The minimum atomic E-state index is -0.774. The van der Waals surface area contributed by atoms with Crippen molar-refractivity contribution in [3.05, 3.63) is 65.2 Å². The van der Waals surface area contributed by atoms with E-state index in [9.17, 15) is 9.59 Å². The molecule has 1 aliphatic heterocycles. The van der Waals surface area contributed by atoms with Gasteiger partial charge < -0.3 is 19.1 Å². The summed E-state index contributed by atoms with van der Waals surface area (Å²) in [6.07, 6.45) is -0.975. The second kappa shape index (κ2) is 12.2. The predicted molar refractivity (Wildman–Crippen MR) is 126 cm³/mol. The fourth-order valence-electron chi connectivity index (χ4n) is 3.91. The Hall–Kier alpha value is -3.41. The number of methoxy groups -OCH3 is 1. The van der Waals surface area contributed by atoms with Crippen LogP contribution in [-0.2, 0) is 25.7 Å². The number of piperazine rings is 1. The van der Waals surface area contributed by atoms with Gasteiger partial charge in [0.15, 0.2) is 6.10 Å². The molecule has 1 saturated heterocycles. The van der Waals surface area contributed by atoms with Gasteiger partial charge in [0.1, 0.15) is 5.75 Å². The molecule has 0 aromatic heterocycles. The Morgan fingerprint density at radius 1 is 1.09 bits per heavy atom. The molecule has 1 fully saturated rings. The SMILES string of the molecule is COc1cccc(C(CN2CCN(C(=O)[C@H](C)OC(C)=O)CC2)OCc2ccc(C#N)cc2)c1. The Morgan fingerprint density at radius 2 is 1.79 bits per heavy atom. The number of carbonyl (C=O) groups excluding carboxylic acids is 2. The third-order valence-electron chi connectivity index (χ3n) is 5.80. The summed E-state index contributed by atoms with van der Waals surface area (Å²) in [5, 5.41) is 9.00. The van der Waals surface area contributed by atoms with Crippen LogP contribution in [-0.4, -0.2) is 67.6 Å². The van der Waals surface area contributed by atoms with Gasteiger partial charge in [0.25, 0.3) is 5.91 Å². The molecule has 2 aromatic carbocycles. The quantitative estimate of drug-likeness (QED) is 0.526. The molecule has 1 amide bonds. The number of benzene rings is 2. The van der Waals surface area contributed by atoms with E-state index in [0.717, 1.165) is 16.9 Å². The van der Waals surface area contributed by atoms with Crippen molar-refractivity contribution in [1.82, 2.24) is 9.80 Å². The van der Waals surface area contributed by atoms with E-state index in [-0.39, 0.29) is 12.0 Å². The molecule has 8 nitrogen and oxygen atoms in total. The van der Waals surface area contributed by atoms with Crippen LogP contribution in [0.25, 0.3) is 0 Å². The first-order chi connectivity index (χ1) is 16.4. The van der Waals surface area contributed by atoms with Gasteiger partial charge in [-0.15, -0.1) is 0 Å². The van der Waals surface area contributed by atoms with Gasteiger partial charge in [-0.05, 0) is 42.3 Å². The lowest BCUT2D eigenvalue weighted by molar-refractivity contribution is -0.158. The smallest absolute Gasteiger partial charge is 0.303 e. The lowest BCUT2D eigenvalue weighted by atomic mass is 10.1. The minimum Gasteiger partial charge on any atom is -0.497 e. The molecule has 2 atom stereocenters. The summed E-state index contributed by atoms with van der Waals surface area (Å²) in [7, 11) is 1.64. The van der Waals surface area contributed by atoms with Crippen molar-refractivity contribution in [3.8, 4) is 11.8 Å². The molecule has 1 unspecified atom stereocenters. The number of ether oxygens (including phenoxy) is 3. The Kier molecular flexibility index (Phi) is 9.02. The second-order valence-electron chi connectivity index (χ2n) is 8.26. The third kappa shape index (κ3) is 7.04. The molecule has 0 aliphatic carbocycles. The summed E-state index contributed by atoms with van der Waals surface area (Å²) in [4.78, 5) is 27.7. The number of hydrogen-bond acceptors (Lipinski definition) is 7. The third-order valence-corrected chi connectivity index (χ3v) is 5.80. The van der Waals surface area contributed by atoms with E-state index in [0.29, 0.717) is 44.9 Å². The Bertz CT molecular complexity index is 1010. The van der Waals surface area contributed by atoms with Gasteiger partial charge in [0.05, 0.1) is 31.5 Å². The van der Waals surface area contributed by atoms with E-state index in [2.05, 4.69) is 11.0 Å². The Morgan fingerprint density at radius 3 is 2.41 bits per heavy atom. The lowest BCUT2D eigenvalue weighted by Gasteiger charge is -2.37. The molecule has 0 spiro atoms. The number of hydrogen-bond donors (Lipinski definition) is 0. The summed E-state index contributed by atoms with van der Waals surface area (Å²) in [5.41, 5.74) is 2.61. The number of rotatable bonds is 9. The molecule has 2 aromatic rings. The van der Waals surface area contributed by atoms with Crippen molar-refractivity contribution in [2.75, 3.05) is 39.8 Å². The summed E-state index contributed by atoms with van der Waals surface area (Å²) in [6, 6.07) is 17.3. The number of carbonyl (C=O) groups is 2. The standard InChI is InChI=1S/C26H31N3O5/c1-19(34-20(2)30)26(31)29-13-11-28(12-14-29)17-25(23-5-4-6-24(15-23)32-3)33-18-22-9-7-21(16-27)8-10-22/h4-10,15,19,25H,11-14,17-18H2,1-3H3/t19-,25?/m0/s1. The van der Waals surface area contributed by atoms with Crippen LogP contribution in [0.15, 0.2) is 48.5 Å². The molecule has 0 bridgehead atoms. The molecule has 34 heavy (non-hydrogen) atoms. The van der Waals surface area contributed by atoms with Crippen molar-refractivity contribution in [3.63, 3.8) is 0 Å². The summed E-state index contributed by atoms with van der Waals surface area (Å²) >= 11 is 0. The average Bonchev–Trinajstić information content (AvgIpc) is 2.86. The molecule has 180 valence electrons. The van der Waals surface area contributed by atoms with Crippen molar-refractivity contribution >= 4 is 11.9 Å². The Labute approximate surface area is 200 Å². The number of nitrogens with zero attached hydrogens (tertiary/aromatic N) is 3. The monoisotopic (exact) mass is 465 g/mol. The van der Waals surface area contributed by atoms with Gasteiger partial charge in [0, 0.05) is 39.6 Å². The minimum absolute atomic E-state index is 0.170.